The monoisotopic (exact) mass is 1490 g/mol. The number of benzene rings is 5. The van der Waals surface area contributed by atoms with Crippen LogP contribution in [0.1, 0.15) is 125 Å². The van der Waals surface area contributed by atoms with Crippen molar-refractivity contribution in [2.24, 2.45) is 22.7 Å². The van der Waals surface area contributed by atoms with Gasteiger partial charge in [-0.2, -0.15) is 0 Å². The lowest BCUT2D eigenvalue weighted by Crippen LogP contribution is -2.44. The van der Waals surface area contributed by atoms with E-state index in [4.69, 9.17) is 57.3 Å². The van der Waals surface area contributed by atoms with Crippen LogP contribution in [-0.4, -0.2) is 150 Å². The number of likely N-dealkylation sites (tertiary alicyclic amines) is 2. The summed E-state index contributed by atoms with van der Waals surface area (Å²) in [6.07, 6.45) is 10.1. The van der Waals surface area contributed by atoms with Crippen LogP contribution in [0, 0.1) is 32.8 Å². The third-order valence-corrected chi connectivity index (χ3v) is 19.5. The first kappa shape index (κ1) is 81.9. The molecule has 0 spiro atoms. The Morgan fingerprint density at radius 1 is 0.569 bits per heavy atom. The van der Waals surface area contributed by atoms with Crippen LogP contribution >= 0.6 is 0 Å². The number of Topliss-reactive ketones (excluding diaryl/α,β-unsaturated/α-hetero) is 2. The van der Waals surface area contributed by atoms with E-state index in [1.165, 1.54) is 34.1 Å². The summed E-state index contributed by atoms with van der Waals surface area (Å²) in [5.74, 6) is 1.17. The summed E-state index contributed by atoms with van der Waals surface area (Å²) in [5.41, 5.74) is 1.96. The van der Waals surface area contributed by atoms with Crippen molar-refractivity contribution in [1.82, 2.24) is 19.8 Å². The number of ketones is 2. The first-order valence-electron chi connectivity index (χ1n) is 37.1. The molecule has 0 unspecified atom stereocenters. The number of pyridine rings is 2. The number of nitro groups is 1. The smallest absolute Gasteiger partial charge is 0.497 e. The molecule has 0 bridgehead atoms. The largest absolute Gasteiger partial charge is 0.513 e. The molecule has 4 aliphatic rings. The number of carbonyl (C=O) groups excluding carboxylic acids is 7. The minimum absolute atomic E-state index is 0.0425. The van der Waals surface area contributed by atoms with Crippen molar-refractivity contribution in [3.05, 3.63) is 182 Å². The van der Waals surface area contributed by atoms with Gasteiger partial charge in [-0.1, -0.05) is 105 Å². The Labute approximate surface area is 636 Å². The van der Waals surface area contributed by atoms with Gasteiger partial charge >= 0.3 is 30.3 Å². The summed E-state index contributed by atoms with van der Waals surface area (Å²) >= 11 is 0. The van der Waals surface area contributed by atoms with Crippen molar-refractivity contribution in [3.8, 4) is 51.3 Å². The zero-order chi connectivity index (χ0) is 78.4. The SMILES string of the molecule is C=CCCCCOC(=O)N1C[C@H](Oc2cc(-c3ccccc3)nc3cc(OC)ccc23)C[C@H]1C(=O)C[C@]1(C(=O)OCC)C[C@H]1C=C.C=C[C@@H]1C[C@]1(CC(=O)[C@@H]1C[C@@H](Oc2cc(-c3ccccc3)nc3cc(OC)ccc23)CN1C(=O)OC(C)(C)C)C(=O)OCC.CCCCCCOC(=O)Oc1ccc([N+](=O)[O-])cc1. The molecule has 2 aromatic heterocycles. The summed E-state index contributed by atoms with van der Waals surface area (Å²) in [5, 5.41) is 12.0. The van der Waals surface area contributed by atoms with Crippen molar-refractivity contribution < 1.29 is 85.9 Å². The van der Waals surface area contributed by atoms with Gasteiger partial charge < -0.3 is 47.4 Å². The van der Waals surface area contributed by atoms with Crippen LogP contribution in [0.5, 0.6) is 28.7 Å². The van der Waals surface area contributed by atoms with E-state index in [1.54, 1.807) is 61.0 Å². The van der Waals surface area contributed by atoms with E-state index in [-0.39, 0.29) is 93.4 Å². The number of nitrogens with zero attached hydrogens (tertiary/aromatic N) is 5. The predicted molar refractivity (Wildman–Crippen MR) is 411 cm³/mol. The Kier molecular flexibility index (Phi) is 28.6. The van der Waals surface area contributed by atoms with Gasteiger partial charge in [0, 0.05) is 84.0 Å². The van der Waals surface area contributed by atoms with Gasteiger partial charge in [0.15, 0.2) is 11.6 Å². The third kappa shape index (κ3) is 21.4. The lowest BCUT2D eigenvalue weighted by molar-refractivity contribution is -0.384. The van der Waals surface area contributed by atoms with E-state index in [0.29, 0.717) is 59.9 Å². The first-order valence-corrected chi connectivity index (χ1v) is 37.1. The molecule has 8 atom stereocenters. The van der Waals surface area contributed by atoms with Crippen LogP contribution in [0.4, 0.5) is 20.1 Å². The molecule has 2 aliphatic heterocycles. The normalized spacial score (nSPS) is 20.1. The van der Waals surface area contributed by atoms with Gasteiger partial charge in [0.25, 0.3) is 5.69 Å². The number of fused-ring (bicyclic) bond motifs is 2. The molecule has 2 aliphatic carbocycles. The molecule has 2 saturated heterocycles. The molecule has 4 heterocycles. The Hall–Kier alpha value is -11.2. The average Bonchev–Trinajstić information content (AvgIpc) is 1.59. The van der Waals surface area contributed by atoms with Crippen molar-refractivity contribution >= 4 is 69.3 Å². The molecule has 11 rings (SSSR count). The molecule has 0 N–H and O–H groups in total. The number of nitro benzene ring substituents is 1. The summed E-state index contributed by atoms with van der Waals surface area (Å²) in [6.45, 7) is 23.6. The number of ether oxygens (including phenoxy) is 10. The van der Waals surface area contributed by atoms with Gasteiger partial charge in [0.1, 0.15) is 46.6 Å². The molecule has 4 fully saturated rings. The fourth-order valence-corrected chi connectivity index (χ4v) is 13.6. The maximum absolute atomic E-state index is 13.9. The number of methoxy groups -OCH3 is 2. The van der Waals surface area contributed by atoms with Crippen LogP contribution in [0.25, 0.3) is 44.3 Å². The zero-order valence-corrected chi connectivity index (χ0v) is 63.4. The minimum Gasteiger partial charge on any atom is -0.497 e. The highest BCUT2D eigenvalue weighted by molar-refractivity contribution is 5.96. The van der Waals surface area contributed by atoms with E-state index >= 15 is 0 Å². The van der Waals surface area contributed by atoms with E-state index in [2.05, 4.69) is 26.7 Å². The number of rotatable bonds is 32. The molecule has 24 nitrogen and oxygen atoms in total. The molecule has 2 amide bonds. The number of hydrogen-bond acceptors (Lipinski definition) is 21. The molecule has 7 aromatic rings. The minimum atomic E-state index is -0.946. The van der Waals surface area contributed by atoms with Gasteiger partial charge in [0.2, 0.25) is 0 Å². The summed E-state index contributed by atoms with van der Waals surface area (Å²) in [7, 11) is 3.21. The topological polar surface area (TPSA) is 287 Å². The van der Waals surface area contributed by atoms with E-state index in [0.717, 1.165) is 71.8 Å². The summed E-state index contributed by atoms with van der Waals surface area (Å²) < 4.78 is 55.8. The molecule has 24 heteroatoms. The Morgan fingerprint density at radius 2 is 1.03 bits per heavy atom. The second-order valence-electron chi connectivity index (χ2n) is 28.3. The maximum atomic E-state index is 13.9. The maximum Gasteiger partial charge on any atom is 0.513 e. The van der Waals surface area contributed by atoms with Gasteiger partial charge in [-0.25, -0.2) is 24.4 Å². The molecule has 2 saturated carbocycles. The number of unbranched alkanes of at least 4 members (excludes halogenated alkanes) is 5. The van der Waals surface area contributed by atoms with Crippen LogP contribution < -0.4 is 23.7 Å². The van der Waals surface area contributed by atoms with E-state index in [9.17, 15) is 43.7 Å². The molecule has 0 radical (unpaired) electrons. The molecule has 578 valence electrons. The lowest BCUT2D eigenvalue weighted by Gasteiger charge is -2.28. The number of hydrogen-bond donors (Lipinski definition) is 0. The summed E-state index contributed by atoms with van der Waals surface area (Å²) in [4.78, 5) is 114. The fourth-order valence-electron chi connectivity index (χ4n) is 13.6. The Bertz CT molecular complexity index is 4380. The number of non-ortho nitro benzene ring substituents is 1. The predicted octanol–water partition coefficient (Wildman–Crippen LogP) is 17.0. The summed E-state index contributed by atoms with van der Waals surface area (Å²) in [6, 6.07) is 38.1. The van der Waals surface area contributed by atoms with Gasteiger partial charge in [0.05, 0.1) is 104 Å². The quantitative estimate of drug-likeness (QED) is 0.00720. The molecular weight excluding hydrogens is 1390 g/mol. The standard InChI is InChI=1S/C37H42N2O7.C35H40N2O7.C13H17NO5/c1-5-8-9-13-18-45-36(42)39-24-28(20-32(39)33(40)23-37(22-26(37)6-2)35(41)44-7-3)46-34-21-30(25-14-11-10-12-15-25)38-31-19-27(43-4)16-17-29(31)34;1-7-23-19-35(23,32(39)42-8-2)20-30(38)29-17-25(21-37(29)33(40)44-34(3,4)5)43-31-18-27(22-12-10-9-11-13-22)36-28-16-24(41-6)14-15-26(28)31;1-2-3-4-5-10-18-13(15)19-12-8-6-11(7-9-12)14(16)17/h5-6,10-12,14-17,19,21,26,28,32H,1-2,7-9,13,18,20,22-24H2,3-4H3;7,9-16,18,23,25,29H,1,8,17,19-21H2,2-6H3;6-9H,2-5,10H2,1H3/t26-,28-,32+,37-;23-,25-,29+,35-;/m11./s1. The Balaban J connectivity index is 0.000000204. The number of amides is 2. The molecule has 109 heavy (non-hydrogen) atoms. The Morgan fingerprint density at radius 3 is 1.45 bits per heavy atom. The highest BCUT2D eigenvalue weighted by Crippen LogP contribution is 2.58. The zero-order valence-electron chi connectivity index (χ0n) is 63.4. The number of allylic oxidation sites excluding steroid dienone is 3. The second kappa shape index (κ2) is 38.1. The van der Waals surface area contributed by atoms with E-state index in [1.807, 2.05) is 115 Å². The van der Waals surface area contributed by atoms with Crippen LogP contribution in [-0.2, 0) is 42.9 Å². The number of esters is 2. The van der Waals surface area contributed by atoms with Crippen molar-refractivity contribution in [2.45, 2.75) is 155 Å². The lowest BCUT2D eigenvalue weighted by atomic mass is 9.92. The van der Waals surface area contributed by atoms with Crippen molar-refractivity contribution in [1.29, 1.82) is 0 Å². The number of aromatic nitrogens is 2. The van der Waals surface area contributed by atoms with Gasteiger partial charge in [-0.05, 0) is 121 Å². The van der Waals surface area contributed by atoms with Crippen LogP contribution in [0.3, 0.4) is 0 Å². The highest BCUT2D eigenvalue weighted by Gasteiger charge is 2.63. The second-order valence-corrected chi connectivity index (χ2v) is 28.3. The van der Waals surface area contributed by atoms with Gasteiger partial charge in [-0.3, -0.25) is 39.1 Å². The highest BCUT2D eigenvalue weighted by atomic mass is 16.7. The molecule has 5 aromatic carbocycles. The van der Waals surface area contributed by atoms with Gasteiger partial charge in [-0.15, -0.1) is 19.7 Å². The first-order chi connectivity index (χ1) is 52.4. The van der Waals surface area contributed by atoms with Crippen LogP contribution in [0.15, 0.2) is 171 Å². The van der Waals surface area contributed by atoms with Crippen molar-refractivity contribution in [2.75, 3.05) is 53.7 Å². The van der Waals surface area contributed by atoms with E-state index < -0.39 is 75.9 Å². The number of carbonyl (C=O) groups is 7. The average molecular weight is 1490 g/mol. The van der Waals surface area contributed by atoms with Crippen molar-refractivity contribution in [3.63, 3.8) is 0 Å². The fraction of sp³-hybridized carbons (Fsp3) is 0.424. The van der Waals surface area contributed by atoms with Crippen LogP contribution in [0.2, 0.25) is 0 Å². The molecular formula is C85H99N5O19. The third-order valence-electron chi connectivity index (χ3n) is 19.5.